The molecule has 2 aliphatic heterocycles. The summed E-state index contributed by atoms with van der Waals surface area (Å²) in [5.41, 5.74) is 3.63. The lowest BCUT2D eigenvalue weighted by Crippen LogP contribution is -2.31. The maximum absolute atomic E-state index is 12.3. The Kier molecular flexibility index (Phi) is 3.80. The Balaban J connectivity index is 1.45. The number of carbonyl (C=O) groups excluding carboxylic acids is 2. The van der Waals surface area contributed by atoms with Gasteiger partial charge < -0.3 is 19.7 Å². The fourth-order valence-electron chi connectivity index (χ4n) is 3.14. The van der Waals surface area contributed by atoms with Crippen LogP contribution in [0.4, 0.5) is 5.69 Å². The van der Waals surface area contributed by atoms with E-state index in [1.807, 2.05) is 12.1 Å². The molecule has 2 heterocycles. The fourth-order valence-corrected chi connectivity index (χ4v) is 3.14. The van der Waals surface area contributed by atoms with Crippen LogP contribution >= 0.6 is 0 Å². The standard InChI is InChI=1S/C19H18N2O4/c1-21-15-5-2-12(8-13(15)4-7-18(21)22)10-20-19(23)14-3-6-16-17(9-14)25-11-24-16/h2-3,5-6,8-9H,4,7,10-11H2,1H3,(H,20,23). The van der Waals surface area contributed by atoms with Gasteiger partial charge in [-0.2, -0.15) is 0 Å². The summed E-state index contributed by atoms with van der Waals surface area (Å²) in [5.74, 6) is 1.22. The number of amides is 2. The largest absolute Gasteiger partial charge is 0.454 e. The van der Waals surface area contributed by atoms with E-state index in [4.69, 9.17) is 9.47 Å². The molecule has 0 aromatic heterocycles. The summed E-state index contributed by atoms with van der Waals surface area (Å²) < 4.78 is 10.5. The molecule has 0 atom stereocenters. The van der Waals surface area contributed by atoms with Gasteiger partial charge in [0.2, 0.25) is 12.7 Å². The molecule has 6 nitrogen and oxygen atoms in total. The monoisotopic (exact) mass is 338 g/mol. The normalized spacial score (nSPS) is 15.1. The summed E-state index contributed by atoms with van der Waals surface area (Å²) in [4.78, 5) is 25.8. The number of hydrogen-bond acceptors (Lipinski definition) is 4. The second-order valence-electron chi connectivity index (χ2n) is 6.17. The van der Waals surface area contributed by atoms with Gasteiger partial charge in [-0.25, -0.2) is 0 Å². The van der Waals surface area contributed by atoms with E-state index < -0.39 is 0 Å². The van der Waals surface area contributed by atoms with Gasteiger partial charge in [0.05, 0.1) is 0 Å². The van der Waals surface area contributed by atoms with Crippen molar-refractivity contribution in [3.63, 3.8) is 0 Å². The van der Waals surface area contributed by atoms with Gasteiger partial charge in [-0.05, 0) is 41.8 Å². The van der Waals surface area contributed by atoms with E-state index in [1.54, 1.807) is 30.1 Å². The number of nitrogens with zero attached hydrogens (tertiary/aromatic N) is 1. The number of ether oxygens (including phenoxy) is 2. The van der Waals surface area contributed by atoms with Crippen molar-refractivity contribution in [3.8, 4) is 11.5 Å². The van der Waals surface area contributed by atoms with E-state index in [-0.39, 0.29) is 18.6 Å². The zero-order valence-corrected chi connectivity index (χ0v) is 13.9. The van der Waals surface area contributed by atoms with E-state index in [1.165, 1.54) is 0 Å². The Morgan fingerprint density at radius 2 is 1.96 bits per heavy atom. The highest BCUT2D eigenvalue weighted by Crippen LogP contribution is 2.32. The number of nitrogens with one attached hydrogen (secondary N) is 1. The smallest absolute Gasteiger partial charge is 0.251 e. The van der Waals surface area contributed by atoms with Crippen LogP contribution in [-0.2, 0) is 17.8 Å². The predicted octanol–water partition coefficient (Wildman–Crippen LogP) is 2.25. The molecule has 4 rings (SSSR count). The minimum atomic E-state index is -0.164. The molecule has 2 aromatic rings. The first-order valence-electron chi connectivity index (χ1n) is 8.18. The van der Waals surface area contributed by atoms with Gasteiger partial charge in [-0.1, -0.05) is 12.1 Å². The van der Waals surface area contributed by atoms with E-state index >= 15 is 0 Å². The first-order valence-corrected chi connectivity index (χ1v) is 8.18. The second-order valence-corrected chi connectivity index (χ2v) is 6.17. The number of anilines is 1. The summed E-state index contributed by atoms with van der Waals surface area (Å²) in [6.07, 6.45) is 1.26. The predicted molar refractivity (Wildman–Crippen MR) is 91.9 cm³/mol. The van der Waals surface area contributed by atoms with Crippen molar-refractivity contribution in [2.45, 2.75) is 19.4 Å². The zero-order chi connectivity index (χ0) is 17.4. The Bertz CT molecular complexity index is 862. The van der Waals surface area contributed by atoms with E-state index in [2.05, 4.69) is 11.4 Å². The second kappa shape index (κ2) is 6.12. The van der Waals surface area contributed by atoms with E-state index in [0.717, 1.165) is 23.2 Å². The van der Waals surface area contributed by atoms with Crippen LogP contribution in [0.5, 0.6) is 11.5 Å². The Labute approximate surface area is 145 Å². The average Bonchev–Trinajstić information content (AvgIpc) is 3.10. The highest BCUT2D eigenvalue weighted by molar-refractivity contribution is 5.96. The van der Waals surface area contributed by atoms with Crippen LogP contribution in [0, 0.1) is 0 Å². The fraction of sp³-hybridized carbons (Fsp3) is 0.263. The van der Waals surface area contributed by atoms with Crippen molar-refractivity contribution in [2.75, 3.05) is 18.7 Å². The highest BCUT2D eigenvalue weighted by Gasteiger charge is 2.21. The van der Waals surface area contributed by atoms with Crippen LogP contribution in [-0.4, -0.2) is 25.7 Å². The number of benzene rings is 2. The van der Waals surface area contributed by atoms with Gasteiger partial charge in [0.1, 0.15) is 0 Å². The lowest BCUT2D eigenvalue weighted by Gasteiger charge is -2.26. The summed E-state index contributed by atoms with van der Waals surface area (Å²) in [6, 6.07) is 11.1. The van der Waals surface area contributed by atoms with E-state index in [9.17, 15) is 9.59 Å². The van der Waals surface area contributed by atoms with Crippen molar-refractivity contribution in [1.29, 1.82) is 0 Å². The lowest BCUT2D eigenvalue weighted by molar-refractivity contribution is -0.118. The Hall–Kier alpha value is -3.02. The molecule has 0 spiro atoms. The van der Waals surface area contributed by atoms with E-state index in [0.29, 0.717) is 30.0 Å². The number of hydrogen-bond donors (Lipinski definition) is 1. The quantitative estimate of drug-likeness (QED) is 0.932. The number of aryl methyl sites for hydroxylation is 1. The average molecular weight is 338 g/mol. The molecule has 25 heavy (non-hydrogen) atoms. The third kappa shape index (κ3) is 2.91. The molecule has 0 unspecified atom stereocenters. The minimum absolute atomic E-state index is 0.136. The Morgan fingerprint density at radius 1 is 1.12 bits per heavy atom. The number of rotatable bonds is 3. The van der Waals surface area contributed by atoms with Crippen molar-refractivity contribution in [2.24, 2.45) is 0 Å². The number of carbonyl (C=O) groups is 2. The van der Waals surface area contributed by atoms with Crippen LogP contribution in [0.1, 0.15) is 27.9 Å². The zero-order valence-electron chi connectivity index (χ0n) is 13.9. The topological polar surface area (TPSA) is 67.9 Å². The third-order valence-corrected chi connectivity index (χ3v) is 4.58. The molecule has 1 N–H and O–H groups in total. The van der Waals surface area contributed by atoms with Gasteiger partial charge >= 0.3 is 0 Å². The maximum Gasteiger partial charge on any atom is 0.251 e. The summed E-state index contributed by atoms with van der Waals surface area (Å²) >= 11 is 0. The molecule has 0 fully saturated rings. The number of fused-ring (bicyclic) bond motifs is 2. The molecule has 6 heteroatoms. The summed E-state index contributed by atoms with van der Waals surface area (Å²) in [6.45, 7) is 0.616. The Morgan fingerprint density at radius 3 is 2.84 bits per heavy atom. The van der Waals surface area contributed by atoms with Gasteiger partial charge in [0.25, 0.3) is 5.91 Å². The van der Waals surface area contributed by atoms with Crippen LogP contribution in [0.2, 0.25) is 0 Å². The summed E-state index contributed by atoms with van der Waals surface area (Å²) in [5, 5.41) is 2.92. The molecule has 0 radical (unpaired) electrons. The molecule has 2 aliphatic rings. The van der Waals surface area contributed by atoms with Gasteiger partial charge in [-0.3, -0.25) is 9.59 Å². The van der Waals surface area contributed by atoms with Gasteiger partial charge in [0.15, 0.2) is 11.5 Å². The van der Waals surface area contributed by atoms with Crippen LogP contribution < -0.4 is 19.7 Å². The molecule has 2 aromatic carbocycles. The molecule has 128 valence electrons. The highest BCUT2D eigenvalue weighted by atomic mass is 16.7. The van der Waals surface area contributed by atoms with Crippen LogP contribution in [0.3, 0.4) is 0 Å². The van der Waals surface area contributed by atoms with Crippen LogP contribution in [0.15, 0.2) is 36.4 Å². The summed E-state index contributed by atoms with van der Waals surface area (Å²) in [7, 11) is 1.79. The van der Waals surface area contributed by atoms with Crippen molar-refractivity contribution >= 4 is 17.5 Å². The lowest BCUT2D eigenvalue weighted by atomic mass is 9.99. The first kappa shape index (κ1) is 15.5. The third-order valence-electron chi connectivity index (χ3n) is 4.58. The molecule has 2 amide bonds. The van der Waals surface area contributed by atoms with Crippen molar-refractivity contribution < 1.29 is 19.1 Å². The molecular formula is C19H18N2O4. The molecular weight excluding hydrogens is 320 g/mol. The first-order chi connectivity index (χ1) is 12.1. The maximum atomic E-state index is 12.3. The molecule has 0 aliphatic carbocycles. The minimum Gasteiger partial charge on any atom is -0.454 e. The van der Waals surface area contributed by atoms with Crippen molar-refractivity contribution in [3.05, 3.63) is 53.1 Å². The van der Waals surface area contributed by atoms with Gasteiger partial charge in [0, 0.05) is 31.3 Å². The van der Waals surface area contributed by atoms with Crippen LogP contribution in [0.25, 0.3) is 0 Å². The van der Waals surface area contributed by atoms with Crippen molar-refractivity contribution in [1.82, 2.24) is 5.32 Å². The molecule has 0 bridgehead atoms. The SMILES string of the molecule is CN1C(=O)CCc2cc(CNC(=O)c3ccc4c(c3)OCO4)ccc21. The molecule has 0 saturated heterocycles. The molecule has 0 saturated carbocycles. The van der Waals surface area contributed by atoms with Gasteiger partial charge in [-0.15, -0.1) is 0 Å².